The van der Waals surface area contributed by atoms with Crippen LogP contribution in [0.15, 0.2) is 0 Å². The minimum Gasteiger partial charge on any atom is -0.457 e. The molecule has 23 heteroatoms. The number of unbranched alkanes of at least 4 members (excludes halogenated alkanes) is 32. The smallest absolute Gasteiger partial charge is 0.457 e. The van der Waals surface area contributed by atoms with Crippen molar-refractivity contribution >= 4 is 31.6 Å². The predicted molar refractivity (Wildman–Crippen MR) is 349 cm³/mol. The third-order valence-corrected chi connectivity index (χ3v) is 18.1. The van der Waals surface area contributed by atoms with Crippen molar-refractivity contribution in [2.75, 3.05) is 13.2 Å². The van der Waals surface area contributed by atoms with Crippen molar-refractivity contribution in [1.29, 1.82) is 0 Å². The highest BCUT2D eigenvalue weighted by Gasteiger charge is 2.53. The van der Waals surface area contributed by atoms with Gasteiger partial charge in [-0.2, -0.15) is 0 Å². The molecule has 91 heavy (non-hydrogen) atoms. The Morgan fingerprint density at radius 2 is 0.692 bits per heavy atom. The molecule has 536 valence electrons. The van der Waals surface area contributed by atoms with Crippen LogP contribution in [0.4, 0.5) is 0 Å². The van der Waals surface area contributed by atoms with E-state index >= 15 is 0 Å². The lowest BCUT2D eigenvalue weighted by Crippen LogP contribution is -2.67. The molecule has 2 heterocycles. The molecule has 0 bridgehead atoms. The summed E-state index contributed by atoms with van der Waals surface area (Å²) in [4.78, 5) is 75.5. The second-order valence-electron chi connectivity index (χ2n) is 26.2. The molecule has 10 unspecified atom stereocenters. The van der Waals surface area contributed by atoms with Crippen molar-refractivity contribution in [3.8, 4) is 0 Å². The minimum atomic E-state index is -5.54. The van der Waals surface area contributed by atoms with Crippen molar-refractivity contribution in [3.05, 3.63) is 0 Å². The normalized spacial score (nSPS) is 23.3. The van der Waals surface area contributed by atoms with Gasteiger partial charge in [0, 0.05) is 0 Å². The predicted octanol–water partition coefficient (Wildman–Crippen LogP) is 10.8. The van der Waals surface area contributed by atoms with Gasteiger partial charge in [-0.05, 0) is 25.7 Å². The average Bonchev–Trinajstić information content (AvgIpc) is 1.02. The van der Waals surface area contributed by atoms with E-state index in [0.717, 1.165) is 135 Å². The first kappa shape index (κ1) is 84.7. The summed E-state index contributed by atoms with van der Waals surface area (Å²) in [7, 11) is -5.54. The monoisotopic (exact) mass is 1320 g/mol. The molecule has 14 atom stereocenters. The first-order chi connectivity index (χ1) is 43.8. The third kappa shape index (κ3) is 40.7. The van der Waals surface area contributed by atoms with Gasteiger partial charge < -0.3 is 79.9 Å². The molecule has 0 spiro atoms. The molecule has 2 fully saturated rings. The van der Waals surface area contributed by atoms with Crippen LogP contribution < -0.4 is 10.6 Å². The van der Waals surface area contributed by atoms with E-state index in [-0.39, 0.29) is 12.8 Å². The molecule has 2 aliphatic rings. The van der Waals surface area contributed by atoms with Crippen molar-refractivity contribution in [2.24, 2.45) is 0 Å². The molecule has 0 aromatic rings. The van der Waals surface area contributed by atoms with Gasteiger partial charge in [-0.15, -0.1) is 0 Å². The van der Waals surface area contributed by atoms with Crippen LogP contribution in [0.5, 0.6) is 0 Å². The Bertz CT molecular complexity index is 1890. The number of nitrogens with one attached hydrogen (secondary N) is 2. The number of ether oxygens (including phenoxy) is 5. The summed E-state index contributed by atoms with van der Waals surface area (Å²) in [6.07, 6.45) is 17.3. The van der Waals surface area contributed by atoms with E-state index < -0.39 is 156 Å². The molecular weight excluding hydrogens is 1200 g/mol. The van der Waals surface area contributed by atoms with E-state index in [9.17, 15) is 69.3 Å². The van der Waals surface area contributed by atoms with Gasteiger partial charge in [0.15, 0.2) is 24.8 Å². The average molecular weight is 1330 g/mol. The summed E-state index contributed by atoms with van der Waals surface area (Å²) in [5.41, 5.74) is 0. The van der Waals surface area contributed by atoms with Gasteiger partial charge in [0.1, 0.15) is 36.5 Å². The summed E-state index contributed by atoms with van der Waals surface area (Å²) in [5, 5.41) is 83.4. The fourth-order valence-corrected chi connectivity index (χ4v) is 12.6. The van der Waals surface area contributed by atoms with E-state index in [2.05, 4.69) is 38.3 Å². The van der Waals surface area contributed by atoms with Crippen LogP contribution in [-0.4, -0.2) is 168 Å². The van der Waals surface area contributed by atoms with Gasteiger partial charge in [-0.25, -0.2) is 4.57 Å². The number of aliphatic hydroxyl groups is 7. The highest BCUT2D eigenvalue weighted by atomic mass is 31.2. The SMILES string of the molecule is CCCCCCCCCCCC(O)CC(=O)N[C@@H]1C(OCC2OC(OP(=O)(O)O)[C@@H](NC(=O)CC(O)CCCCCCCCCCC)C(OC(=O)CC(O)CCCCCCCCCCC)[C@@H]2O)OC(CO)[C@@H](O)C1OC(=O)CC(O)CCCCCCCCCCC. The maximum atomic E-state index is 13.9. The number of carbonyl (C=O) groups is 4. The zero-order valence-electron chi connectivity index (χ0n) is 56.6. The first-order valence-electron chi connectivity index (χ1n) is 36.1. The van der Waals surface area contributed by atoms with Crippen LogP contribution in [0.3, 0.4) is 0 Å². The van der Waals surface area contributed by atoms with Crippen LogP contribution in [0, 0.1) is 0 Å². The lowest BCUT2D eigenvalue weighted by atomic mass is 9.95. The highest BCUT2D eigenvalue weighted by molar-refractivity contribution is 7.46. The molecule has 22 nitrogen and oxygen atoms in total. The second-order valence-corrected chi connectivity index (χ2v) is 27.4. The largest absolute Gasteiger partial charge is 0.472 e. The lowest BCUT2D eigenvalue weighted by molar-refractivity contribution is -0.298. The van der Waals surface area contributed by atoms with Crippen molar-refractivity contribution in [3.63, 3.8) is 0 Å². The third-order valence-electron chi connectivity index (χ3n) is 17.6. The Kier molecular flexibility index (Phi) is 49.1. The van der Waals surface area contributed by atoms with Crippen LogP contribution in [0.2, 0.25) is 0 Å². The van der Waals surface area contributed by atoms with Crippen LogP contribution in [0.1, 0.15) is 310 Å². The zero-order valence-corrected chi connectivity index (χ0v) is 57.5. The van der Waals surface area contributed by atoms with E-state index in [1.807, 2.05) is 0 Å². The fraction of sp³-hybridized carbons (Fsp3) is 0.941. The number of hydrogen-bond donors (Lipinski definition) is 11. The number of aliphatic hydroxyl groups excluding tert-OH is 7. The van der Waals surface area contributed by atoms with Crippen LogP contribution in [-0.2, 0) is 52.0 Å². The number of carbonyl (C=O) groups excluding carboxylic acids is 4. The minimum absolute atomic E-state index is 0.246. The molecule has 2 amide bonds. The zero-order chi connectivity index (χ0) is 67.1. The van der Waals surface area contributed by atoms with Gasteiger partial charge in [0.2, 0.25) is 11.8 Å². The maximum Gasteiger partial charge on any atom is 0.472 e. The van der Waals surface area contributed by atoms with Crippen molar-refractivity contribution < 1.29 is 97.5 Å². The first-order valence-corrected chi connectivity index (χ1v) is 37.6. The molecular formula is C68H129N2O20P. The quantitative estimate of drug-likeness (QED) is 0.0153. The van der Waals surface area contributed by atoms with Crippen molar-refractivity contribution in [2.45, 2.75) is 396 Å². The molecule has 0 radical (unpaired) electrons. The summed E-state index contributed by atoms with van der Waals surface area (Å²) in [6.45, 7) is 6.95. The Morgan fingerprint density at radius 3 is 1.00 bits per heavy atom. The van der Waals surface area contributed by atoms with E-state index in [0.29, 0.717) is 38.5 Å². The molecule has 0 aliphatic carbocycles. The van der Waals surface area contributed by atoms with Gasteiger partial charge in [-0.3, -0.25) is 23.7 Å². The van der Waals surface area contributed by atoms with E-state index in [1.165, 1.54) is 70.6 Å². The summed E-state index contributed by atoms with van der Waals surface area (Å²) in [6, 6.07) is -3.44. The Balaban J connectivity index is 2.43. The molecule has 0 aromatic carbocycles. The molecule has 2 saturated heterocycles. The molecule has 0 saturated carbocycles. The van der Waals surface area contributed by atoms with Crippen LogP contribution >= 0.6 is 7.82 Å². The highest BCUT2D eigenvalue weighted by Crippen LogP contribution is 2.41. The number of esters is 2. The Labute approximate surface area is 546 Å². The summed E-state index contributed by atoms with van der Waals surface area (Å²) >= 11 is 0. The number of phosphoric acid groups is 1. The number of phosphoric ester groups is 1. The Morgan fingerprint density at radius 1 is 0.418 bits per heavy atom. The van der Waals surface area contributed by atoms with Crippen molar-refractivity contribution in [1.82, 2.24) is 10.6 Å². The Hall–Kier alpha value is -2.41. The second kappa shape index (κ2) is 52.7. The molecule has 11 N–H and O–H groups in total. The summed E-state index contributed by atoms with van der Waals surface area (Å²) < 4.78 is 47.5. The fourth-order valence-electron chi connectivity index (χ4n) is 12.1. The maximum absolute atomic E-state index is 13.9. The van der Waals surface area contributed by atoms with E-state index in [1.54, 1.807) is 0 Å². The standard InChI is InChI=1S/C68H129N2O20P/c1-5-9-13-17-21-25-29-33-37-41-51(72)45-57(76)69-61-65(88-59(78)47-53(74)43-39-35-31-27-23-19-15-11-7-3)63(80)55(49-71)86-67(61)85-50-56-64(81)66(89-60(79)48-54(75)44-40-36-32-28-24-20-16-12-8-4)62(68(87-56)90-91(82,83)84)70-58(77)46-52(73)42-38-34-30-26-22-18-14-10-6-2/h51-56,61-68,71-75,80-81H,5-50H2,1-4H3,(H,69,76)(H,70,77)(H2,82,83,84)/t51?,52?,53?,54?,55?,56?,61-,62-,63+,64+,65?,66?,67?,68?/m0/s1. The summed E-state index contributed by atoms with van der Waals surface area (Å²) in [5.74, 6) is -3.62. The lowest BCUT2D eigenvalue weighted by Gasteiger charge is -2.46. The van der Waals surface area contributed by atoms with Crippen LogP contribution in [0.25, 0.3) is 0 Å². The molecule has 2 rings (SSSR count). The van der Waals surface area contributed by atoms with Gasteiger partial charge in [0.25, 0.3) is 0 Å². The van der Waals surface area contributed by atoms with Gasteiger partial charge in [0.05, 0.1) is 63.3 Å². The number of rotatable bonds is 58. The molecule has 0 aromatic heterocycles. The topological polar surface area (TPSA) is 347 Å². The van der Waals surface area contributed by atoms with Gasteiger partial charge in [-0.1, -0.05) is 259 Å². The number of hydrogen-bond acceptors (Lipinski definition) is 18. The van der Waals surface area contributed by atoms with E-state index in [4.69, 9.17) is 28.2 Å². The molecule has 2 aliphatic heterocycles. The number of amides is 2. The van der Waals surface area contributed by atoms with Gasteiger partial charge >= 0.3 is 19.8 Å².